The highest BCUT2D eigenvalue weighted by Gasteiger charge is 2.13. The Morgan fingerprint density at radius 2 is 2.18 bits per heavy atom. The van der Waals surface area contributed by atoms with Crippen LogP contribution in [0.5, 0.6) is 5.75 Å². The van der Waals surface area contributed by atoms with E-state index in [1.54, 1.807) is 29.8 Å². The molecule has 0 unspecified atom stereocenters. The van der Waals surface area contributed by atoms with Crippen molar-refractivity contribution < 1.29 is 13.9 Å². The van der Waals surface area contributed by atoms with Gasteiger partial charge >= 0.3 is 0 Å². The first kappa shape index (κ1) is 20.0. The lowest BCUT2D eigenvalue weighted by atomic mass is 10.1. The van der Waals surface area contributed by atoms with Crippen molar-refractivity contribution in [1.82, 2.24) is 4.98 Å². The van der Waals surface area contributed by atoms with E-state index in [1.807, 2.05) is 12.1 Å². The monoisotopic (exact) mass is 398 g/mol. The number of hydrogen-bond acceptors (Lipinski definition) is 4. The lowest BCUT2D eigenvalue weighted by Crippen LogP contribution is -2.15. The second-order valence-corrected chi connectivity index (χ2v) is 7.25. The number of nitrogens with zero attached hydrogens (tertiary/aromatic N) is 1. The Kier molecular flexibility index (Phi) is 7.14. The molecule has 0 radical (unpaired) electrons. The molecule has 1 heterocycles. The largest absolute Gasteiger partial charge is 0.490 e. The number of hydrogen-bond donors (Lipinski definition) is 1. The number of unbranched alkanes of at least 4 members (excludes halogenated alkanes) is 1. The highest BCUT2D eigenvalue weighted by atomic mass is 32.1. The number of benzene rings is 2. The van der Waals surface area contributed by atoms with Crippen LogP contribution in [0.2, 0.25) is 0 Å². The second kappa shape index (κ2) is 9.99. The summed E-state index contributed by atoms with van der Waals surface area (Å²) in [7, 11) is 0. The molecule has 0 aliphatic rings. The summed E-state index contributed by atoms with van der Waals surface area (Å²) >= 11 is 1.51. The summed E-state index contributed by atoms with van der Waals surface area (Å²) in [6.07, 6.45) is 6.89. The Morgan fingerprint density at radius 3 is 3.04 bits per heavy atom. The number of carbonyl (C=O) groups is 1. The van der Waals surface area contributed by atoms with E-state index in [0.717, 1.165) is 29.5 Å². The van der Waals surface area contributed by atoms with Crippen molar-refractivity contribution >= 4 is 33.1 Å². The van der Waals surface area contributed by atoms with Crippen LogP contribution in [-0.4, -0.2) is 17.5 Å². The Bertz CT molecular complexity index is 968. The van der Waals surface area contributed by atoms with Crippen molar-refractivity contribution in [1.29, 1.82) is 0 Å². The first-order valence-electron chi connectivity index (χ1n) is 9.35. The molecule has 0 saturated heterocycles. The van der Waals surface area contributed by atoms with E-state index >= 15 is 0 Å². The minimum atomic E-state index is -0.473. The first-order valence-corrected chi connectivity index (χ1v) is 10.2. The lowest BCUT2D eigenvalue weighted by Gasteiger charge is -2.10. The van der Waals surface area contributed by atoms with Gasteiger partial charge in [-0.3, -0.25) is 4.79 Å². The molecule has 1 amide bonds. The van der Waals surface area contributed by atoms with Gasteiger partial charge in [-0.2, -0.15) is 0 Å². The number of ether oxygens (including phenoxy) is 1. The number of rotatable bonds is 9. The van der Waals surface area contributed by atoms with Crippen molar-refractivity contribution in [2.45, 2.75) is 32.6 Å². The van der Waals surface area contributed by atoms with Crippen LogP contribution in [0.25, 0.3) is 10.2 Å². The van der Waals surface area contributed by atoms with Gasteiger partial charge in [0.25, 0.3) is 0 Å². The molecule has 0 spiro atoms. The molecule has 1 aromatic heterocycles. The number of thiazole rings is 1. The smallest absolute Gasteiger partial charge is 0.228 e. The Morgan fingerprint density at radius 1 is 1.29 bits per heavy atom. The fourth-order valence-corrected chi connectivity index (χ4v) is 3.50. The topological polar surface area (TPSA) is 51.2 Å². The van der Waals surface area contributed by atoms with Gasteiger partial charge < -0.3 is 10.1 Å². The van der Waals surface area contributed by atoms with E-state index in [1.165, 1.54) is 11.3 Å². The minimum absolute atomic E-state index is 0.0526. The predicted octanol–water partition coefficient (Wildman–Crippen LogP) is 5.74. The Balaban J connectivity index is 1.57. The Labute approximate surface area is 168 Å². The van der Waals surface area contributed by atoms with E-state index in [-0.39, 0.29) is 18.1 Å². The zero-order valence-electron chi connectivity index (χ0n) is 15.8. The number of fused-ring (bicyclic) bond motifs is 1. The number of anilines is 1. The molecule has 0 fully saturated rings. The van der Waals surface area contributed by atoms with Crippen molar-refractivity contribution in [2.75, 3.05) is 11.9 Å². The van der Waals surface area contributed by atoms with Gasteiger partial charge in [0, 0.05) is 11.3 Å². The van der Waals surface area contributed by atoms with E-state index in [2.05, 4.69) is 29.4 Å². The van der Waals surface area contributed by atoms with Gasteiger partial charge in [-0.1, -0.05) is 31.2 Å². The standard InChI is InChI=1S/C22H23FN2O2S/c1-2-3-4-5-6-12-27-19-9-7-8-16(22(19)23)13-21(26)25-17-10-11-18-20(14-17)28-15-24-18/h3-4,7-11,14-15H,2,5-6,12-13H2,1H3,(H,25,26). The summed E-state index contributed by atoms with van der Waals surface area (Å²) in [4.78, 5) is 16.6. The zero-order chi connectivity index (χ0) is 19.8. The van der Waals surface area contributed by atoms with Gasteiger partial charge in [0.2, 0.25) is 5.91 Å². The third-order valence-corrected chi connectivity index (χ3v) is 4.98. The fourth-order valence-electron chi connectivity index (χ4n) is 2.78. The van der Waals surface area contributed by atoms with Gasteiger partial charge in [-0.05, 0) is 43.5 Å². The summed E-state index contributed by atoms with van der Waals surface area (Å²) < 4.78 is 21.2. The van der Waals surface area contributed by atoms with Crippen molar-refractivity contribution in [2.24, 2.45) is 0 Å². The molecule has 4 nitrogen and oxygen atoms in total. The maximum absolute atomic E-state index is 14.6. The van der Waals surface area contributed by atoms with E-state index in [4.69, 9.17) is 4.74 Å². The van der Waals surface area contributed by atoms with Crippen molar-refractivity contribution in [3.05, 3.63) is 65.4 Å². The van der Waals surface area contributed by atoms with Gasteiger partial charge in [0.15, 0.2) is 11.6 Å². The highest BCUT2D eigenvalue weighted by Crippen LogP contribution is 2.23. The van der Waals surface area contributed by atoms with Crippen molar-refractivity contribution in [3.63, 3.8) is 0 Å². The fraction of sp³-hybridized carbons (Fsp3) is 0.273. The van der Waals surface area contributed by atoms with Gasteiger partial charge in [-0.15, -0.1) is 11.3 Å². The normalized spacial score (nSPS) is 11.2. The maximum atomic E-state index is 14.6. The second-order valence-electron chi connectivity index (χ2n) is 6.36. The quantitative estimate of drug-likeness (QED) is 0.369. The van der Waals surface area contributed by atoms with E-state index in [0.29, 0.717) is 17.9 Å². The van der Waals surface area contributed by atoms with E-state index < -0.39 is 5.82 Å². The number of aromatic nitrogens is 1. The molecule has 0 atom stereocenters. The molecule has 3 rings (SSSR count). The molecule has 0 aliphatic carbocycles. The van der Waals surface area contributed by atoms with Gasteiger partial charge in [0.05, 0.1) is 28.8 Å². The predicted molar refractivity (Wildman–Crippen MR) is 113 cm³/mol. The molecule has 146 valence electrons. The summed E-state index contributed by atoms with van der Waals surface area (Å²) in [5, 5.41) is 2.82. The molecule has 1 N–H and O–H groups in total. The van der Waals surface area contributed by atoms with Crippen LogP contribution in [0.1, 0.15) is 31.7 Å². The number of carbonyl (C=O) groups excluding carboxylic acids is 1. The van der Waals surface area contributed by atoms with E-state index in [9.17, 15) is 9.18 Å². The molecule has 28 heavy (non-hydrogen) atoms. The van der Waals surface area contributed by atoms with Crippen LogP contribution in [0.15, 0.2) is 54.1 Å². The van der Waals surface area contributed by atoms with Crippen LogP contribution in [0.4, 0.5) is 10.1 Å². The highest BCUT2D eigenvalue weighted by molar-refractivity contribution is 7.16. The zero-order valence-corrected chi connectivity index (χ0v) is 16.6. The molecule has 0 saturated carbocycles. The van der Waals surface area contributed by atoms with Crippen LogP contribution in [0.3, 0.4) is 0 Å². The van der Waals surface area contributed by atoms with Crippen LogP contribution < -0.4 is 10.1 Å². The van der Waals surface area contributed by atoms with Crippen molar-refractivity contribution in [3.8, 4) is 5.75 Å². The Hall–Kier alpha value is -2.73. The molecular weight excluding hydrogens is 375 g/mol. The number of nitrogens with one attached hydrogen (secondary N) is 1. The molecule has 2 aromatic carbocycles. The molecule has 0 aliphatic heterocycles. The van der Waals surface area contributed by atoms with Crippen LogP contribution >= 0.6 is 11.3 Å². The summed E-state index contributed by atoms with van der Waals surface area (Å²) in [5.74, 6) is -0.555. The molecule has 0 bridgehead atoms. The number of allylic oxidation sites excluding steroid dienone is 2. The van der Waals surface area contributed by atoms with Gasteiger partial charge in [0.1, 0.15) is 0 Å². The average Bonchev–Trinajstić information content (AvgIpc) is 3.15. The SMILES string of the molecule is CCC=CCCCOc1cccc(CC(=O)Nc2ccc3ncsc3c2)c1F. The lowest BCUT2D eigenvalue weighted by molar-refractivity contribution is -0.115. The average molecular weight is 399 g/mol. The van der Waals surface area contributed by atoms with Crippen LogP contribution in [0, 0.1) is 5.82 Å². The first-order chi connectivity index (χ1) is 13.7. The third kappa shape index (κ3) is 5.39. The summed E-state index contributed by atoms with van der Waals surface area (Å²) in [6.45, 7) is 2.53. The molecular formula is C22H23FN2O2S. The molecule has 6 heteroatoms. The van der Waals surface area contributed by atoms with Gasteiger partial charge in [-0.25, -0.2) is 9.37 Å². The number of amides is 1. The molecule has 3 aromatic rings. The minimum Gasteiger partial charge on any atom is -0.490 e. The maximum Gasteiger partial charge on any atom is 0.228 e. The van der Waals surface area contributed by atoms with Crippen LogP contribution in [-0.2, 0) is 11.2 Å². The summed E-state index contributed by atoms with van der Waals surface area (Å²) in [6, 6.07) is 10.4. The summed E-state index contributed by atoms with van der Waals surface area (Å²) in [5.41, 5.74) is 3.65. The third-order valence-electron chi connectivity index (χ3n) is 4.18. The number of halogens is 1.